The summed E-state index contributed by atoms with van der Waals surface area (Å²) in [4.78, 5) is 0. The Bertz CT molecular complexity index is 1680. The normalized spacial score (nSPS) is 11.6. The molecule has 0 unspecified atom stereocenters. The van der Waals surface area contributed by atoms with Crippen LogP contribution < -0.4 is 0 Å². The summed E-state index contributed by atoms with van der Waals surface area (Å²) in [6, 6.07) is 25.2. The SMILES string of the molecule is Cc1cc(CSCCSCc2cc(C)cc(-c3csc4ccccc34)c2O)c(O)c(-c2csc3ccccc23)c1. The van der Waals surface area contributed by atoms with Crippen LogP contribution in [0.4, 0.5) is 0 Å². The standard InChI is InChI=1S/C34H30O2S4/c1-21-13-23(33(35)27(15-21)29-19-39-31-9-5-3-7-25(29)31)17-37-11-12-38-18-24-14-22(2)16-28(34(24)36)30-20-40-32-10-6-4-8-26(30)32/h3-10,13-16,19-20,35-36H,11-12,17-18H2,1-2H3. The molecule has 0 amide bonds. The average Bonchev–Trinajstić information content (AvgIpc) is 3.58. The fraction of sp³-hybridized carbons (Fsp3) is 0.176. The smallest absolute Gasteiger partial charge is 0.127 e. The van der Waals surface area contributed by atoms with Gasteiger partial charge in [-0.15, -0.1) is 22.7 Å². The first-order valence-corrected chi connectivity index (χ1v) is 17.3. The van der Waals surface area contributed by atoms with Crippen molar-refractivity contribution in [1.82, 2.24) is 0 Å². The lowest BCUT2D eigenvalue weighted by Gasteiger charge is -2.13. The third-order valence-electron chi connectivity index (χ3n) is 7.10. The van der Waals surface area contributed by atoms with Crippen LogP contribution in [0.2, 0.25) is 0 Å². The maximum absolute atomic E-state index is 11.2. The lowest BCUT2D eigenvalue weighted by atomic mass is 9.99. The summed E-state index contributed by atoms with van der Waals surface area (Å²) in [5.74, 6) is 4.29. The third kappa shape index (κ3) is 5.51. The van der Waals surface area contributed by atoms with E-state index in [4.69, 9.17) is 0 Å². The number of fused-ring (bicyclic) bond motifs is 2. The monoisotopic (exact) mass is 598 g/mol. The number of hydrogen-bond donors (Lipinski definition) is 2. The van der Waals surface area contributed by atoms with Gasteiger partial charge in [-0.05, 0) is 60.0 Å². The van der Waals surface area contributed by atoms with E-state index in [2.05, 4.69) is 97.4 Å². The first-order chi connectivity index (χ1) is 19.5. The van der Waals surface area contributed by atoms with Crippen molar-refractivity contribution in [2.75, 3.05) is 11.5 Å². The molecule has 4 aromatic carbocycles. The number of hydrogen-bond acceptors (Lipinski definition) is 6. The molecule has 202 valence electrons. The molecule has 0 bridgehead atoms. The number of rotatable bonds is 9. The minimum absolute atomic E-state index is 0.396. The largest absolute Gasteiger partial charge is 0.507 e. The predicted molar refractivity (Wildman–Crippen MR) is 180 cm³/mol. The van der Waals surface area contributed by atoms with Crippen molar-refractivity contribution in [2.24, 2.45) is 0 Å². The van der Waals surface area contributed by atoms with Crippen molar-refractivity contribution in [2.45, 2.75) is 25.4 Å². The zero-order valence-electron chi connectivity index (χ0n) is 22.4. The van der Waals surface area contributed by atoms with Gasteiger partial charge in [-0.2, -0.15) is 23.5 Å². The Labute approximate surface area is 251 Å². The molecule has 6 aromatic rings. The van der Waals surface area contributed by atoms with E-state index in [0.717, 1.165) is 67.5 Å². The summed E-state index contributed by atoms with van der Waals surface area (Å²) in [6.07, 6.45) is 0. The molecule has 0 atom stereocenters. The highest BCUT2D eigenvalue weighted by molar-refractivity contribution is 8.02. The average molecular weight is 599 g/mol. The van der Waals surface area contributed by atoms with Crippen LogP contribution in [-0.4, -0.2) is 21.7 Å². The molecule has 2 aromatic heterocycles. The molecule has 0 saturated carbocycles. The number of thiophene rings is 2. The lowest BCUT2D eigenvalue weighted by molar-refractivity contribution is 0.472. The van der Waals surface area contributed by atoms with Crippen LogP contribution in [0.1, 0.15) is 22.3 Å². The van der Waals surface area contributed by atoms with Crippen molar-refractivity contribution in [3.05, 3.63) is 106 Å². The minimum atomic E-state index is 0.396. The Kier molecular flexibility index (Phi) is 8.12. The molecule has 0 aliphatic carbocycles. The van der Waals surface area contributed by atoms with Crippen molar-refractivity contribution in [3.63, 3.8) is 0 Å². The molecule has 0 spiro atoms. The van der Waals surface area contributed by atoms with Crippen LogP contribution in [0, 0.1) is 13.8 Å². The van der Waals surface area contributed by atoms with Crippen molar-refractivity contribution in [3.8, 4) is 33.8 Å². The summed E-state index contributed by atoms with van der Waals surface area (Å²) >= 11 is 7.13. The van der Waals surface area contributed by atoms with Gasteiger partial charge in [0.05, 0.1) is 0 Å². The van der Waals surface area contributed by atoms with E-state index in [-0.39, 0.29) is 0 Å². The second kappa shape index (κ2) is 11.9. The number of thioether (sulfide) groups is 2. The van der Waals surface area contributed by atoms with Gasteiger partial charge in [-0.1, -0.05) is 48.5 Å². The predicted octanol–water partition coefficient (Wildman–Crippen LogP) is 10.6. The van der Waals surface area contributed by atoms with Gasteiger partial charge in [0.15, 0.2) is 0 Å². The molecule has 6 heteroatoms. The van der Waals surface area contributed by atoms with Crippen LogP contribution in [0.3, 0.4) is 0 Å². The molecule has 2 nitrogen and oxygen atoms in total. The highest BCUT2D eigenvalue weighted by Gasteiger charge is 2.16. The molecule has 0 aliphatic heterocycles. The number of aromatic hydroxyl groups is 2. The fourth-order valence-corrected chi connectivity index (χ4v) is 9.23. The number of aryl methyl sites for hydroxylation is 2. The van der Waals surface area contributed by atoms with Gasteiger partial charge in [0, 0.05) is 76.6 Å². The Morgan fingerprint density at radius 2 is 1.00 bits per heavy atom. The van der Waals surface area contributed by atoms with E-state index >= 15 is 0 Å². The van der Waals surface area contributed by atoms with Crippen molar-refractivity contribution >= 4 is 66.4 Å². The molecule has 0 radical (unpaired) electrons. The molecule has 0 fully saturated rings. The molecule has 0 saturated heterocycles. The van der Waals surface area contributed by atoms with Crippen molar-refractivity contribution < 1.29 is 10.2 Å². The maximum Gasteiger partial charge on any atom is 0.127 e. The Morgan fingerprint density at radius 1 is 0.575 bits per heavy atom. The highest BCUT2D eigenvalue weighted by atomic mass is 32.2. The first kappa shape index (κ1) is 27.3. The van der Waals surface area contributed by atoms with Crippen molar-refractivity contribution in [1.29, 1.82) is 0 Å². The lowest BCUT2D eigenvalue weighted by Crippen LogP contribution is -1.93. The zero-order valence-corrected chi connectivity index (χ0v) is 25.7. The van der Waals surface area contributed by atoms with E-state index in [9.17, 15) is 10.2 Å². The van der Waals surface area contributed by atoms with E-state index in [1.807, 2.05) is 23.5 Å². The van der Waals surface area contributed by atoms with E-state index in [1.54, 1.807) is 22.7 Å². The van der Waals surface area contributed by atoms with Crippen LogP contribution in [0.15, 0.2) is 83.6 Å². The highest BCUT2D eigenvalue weighted by Crippen LogP contribution is 2.43. The number of phenolic OH excluding ortho intramolecular Hbond substituents is 2. The van der Waals surface area contributed by atoms with E-state index < -0.39 is 0 Å². The van der Waals surface area contributed by atoms with Gasteiger partial charge in [0.25, 0.3) is 0 Å². The molecular formula is C34H30O2S4. The van der Waals surface area contributed by atoms with Gasteiger partial charge in [-0.3, -0.25) is 0 Å². The van der Waals surface area contributed by atoms with Gasteiger partial charge in [0.2, 0.25) is 0 Å². The van der Waals surface area contributed by atoms with Crippen LogP contribution in [0.5, 0.6) is 11.5 Å². The Morgan fingerprint density at radius 3 is 1.45 bits per heavy atom. The van der Waals surface area contributed by atoms with Crippen LogP contribution in [-0.2, 0) is 11.5 Å². The van der Waals surface area contributed by atoms with Crippen LogP contribution >= 0.6 is 46.2 Å². The summed E-state index contributed by atoms with van der Waals surface area (Å²) in [7, 11) is 0. The van der Waals surface area contributed by atoms with E-state index in [1.165, 1.54) is 20.2 Å². The van der Waals surface area contributed by atoms with Gasteiger partial charge < -0.3 is 10.2 Å². The zero-order chi connectivity index (χ0) is 27.6. The molecular weight excluding hydrogens is 569 g/mol. The van der Waals surface area contributed by atoms with E-state index in [0.29, 0.717) is 11.5 Å². The minimum Gasteiger partial charge on any atom is -0.507 e. The molecule has 0 aliphatic rings. The quantitative estimate of drug-likeness (QED) is 0.162. The molecule has 6 rings (SSSR count). The number of benzene rings is 4. The van der Waals surface area contributed by atoms with Gasteiger partial charge in [-0.25, -0.2) is 0 Å². The Hall–Kier alpha value is -2.90. The topological polar surface area (TPSA) is 40.5 Å². The van der Waals surface area contributed by atoms with Crippen LogP contribution in [0.25, 0.3) is 42.4 Å². The number of phenols is 2. The van der Waals surface area contributed by atoms with Gasteiger partial charge >= 0.3 is 0 Å². The molecule has 2 N–H and O–H groups in total. The third-order valence-corrected chi connectivity index (χ3v) is 11.3. The first-order valence-electron chi connectivity index (χ1n) is 13.2. The molecule has 40 heavy (non-hydrogen) atoms. The summed E-state index contributed by atoms with van der Waals surface area (Å²) in [5, 5.41) is 29.1. The second-order valence-corrected chi connectivity index (χ2v) is 14.1. The summed E-state index contributed by atoms with van der Waals surface area (Å²) in [5.41, 5.74) is 8.37. The summed E-state index contributed by atoms with van der Waals surface area (Å²) < 4.78 is 2.48. The second-order valence-electron chi connectivity index (χ2n) is 10.0. The Balaban J connectivity index is 1.09. The van der Waals surface area contributed by atoms with Gasteiger partial charge in [0.1, 0.15) is 11.5 Å². The molecule has 2 heterocycles. The fourth-order valence-electron chi connectivity index (χ4n) is 5.19. The summed E-state index contributed by atoms with van der Waals surface area (Å²) in [6.45, 7) is 4.20. The maximum atomic E-state index is 11.2.